The van der Waals surface area contributed by atoms with Gasteiger partial charge in [-0.05, 0) is 43.4 Å². The van der Waals surface area contributed by atoms with E-state index in [4.69, 9.17) is 19.9 Å². The summed E-state index contributed by atoms with van der Waals surface area (Å²) in [6.45, 7) is 1.71. The summed E-state index contributed by atoms with van der Waals surface area (Å²) in [6, 6.07) is 5.76. The Morgan fingerprint density at radius 1 is 1.26 bits per heavy atom. The number of methoxy groups -OCH3 is 2. The number of hydrogen-bond acceptors (Lipinski definition) is 4. The summed E-state index contributed by atoms with van der Waals surface area (Å²) < 4.78 is 16.0. The molecular weight excluding hydrogens is 242 g/mol. The summed E-state index contributed by atoms with van der Waals surface area (Å²) in [5, 5.41) is 0. The standard InChI is InChI=1S/C15H23NO3/c1-17-12-3-4-15(18-2)13(10-12)14(16)9-11-5-7-19-8-6-11/h3-4,10-11,14H,5-9,16H2,1-2H3. The molecule has 1 heterocycles. The Bertz CT molecular complexity index is 402. The van der Waals surface area contributed by atoms with Crippen molar-refractivity contribution in [2.75, 3.05) is 27.4 Å². The van der Waals surface area contributed by atoms with Crippen LogP contribution in [0, 0.1) is 5.92 Å². The van der Waals surface area contributed by atoms with Crippen LogP contribution in [0.1, 0.15) is 30.9 Å². The molecule has 1 atom stereocenters. The number of nitrogens with two attached hydrogens (primary N) is 1. The minimum Gasteiger partial charge on any atom is -0.497 e. The average molecular weight is 265 g/mol. The van der Waals surface area contributed by atoms with Crippen LogP contribution in [0.4, 0.5) is 0 Å². The Labute approximate surface area is 114 Å². The van der Waals surface area contributed by atoms with Gasteiger partial charge in [0.25, 0.3) is 0 Å². The second kappa shape index (κ2) is 6.78. The lowest BCUT2D eigenvalue weighted by Gasteiger charge is -2.25. The smallest absolute Gasteiger partial charge is 0.123 e. The zero-order valence-electron chi connectivity index (χ0n) is 11.7. The van der Waals surface area contributed by atoms with Gasteiger partial charge in [0.2, 0.25) is 0 Å². The first kappa shape index (κ1) is 14.2. The lowest BCUT2D eigenvalue weighted by Crippen LogP contribution is -2.22. The lowest BCUT2D eigenvalue weighted by molar-refractivity contribution is 0.0617. The van der Waals surface area contributed by atoms with Crippen LogP contribution in [0.3, 0.4) is 0 Å². The van der Waals surface area contributed by atoms with Crippen molar-refractivity contribution in [3.05, 3.63) is 23.8 Å². The zero-order valence-corrected chi connectivity index (χ0v) is 11.7. The Morgan fingerprint density at radius 2 is 2.00 bits per heavy atom. The number of ether oxygens (including phenoxy) is 3. The fraction of sp³-hybridized carbons (Fsp3) is 0.600. The molecule has 1 aromatic rings. The van der Waals surface area contributed by atoms with Crippen LogP contribution in [0.25, 0.3) is 0 Å². The predicted octanol–water partition coefficient (Wildman–Crippen LogP) is 2.52. The predicted molar refractivity (Wildman–Crippen MR) is 74.6 cm³/mol. The van der Waals surface area contributed by atoms with Crippen LogP contribution < -0.4 is 15.2 Å². The summed E-state index contributed by atoms with van der Waals surface area (Å²) in [5.74, 6) is 2.29. The maximum absolute atomic E-state index is 6.35. The van der Waals surface area contributed by atoms with Gasteiger partial charge in [0.05, 0.1) is 14.2 Å². The van der Waals surface area contributed by atoms with Crippen molar-refractivity contribution in [1.29, 1.82) is 0 Å². The number of hydrogen-bond donors (Lipinski definition) is 1. The highest BCUT2D eigenvalue weighted by atomic mass is 16.5. The molecule has 0 amide bonds. The van der Waals surface area contributed by atoms with E-state index >= 15 is 0 Å². The largest absolute Gasteiger partial charge is 0.497 e. The lowest BCUT2D eigenvalue weighted by atomic mass is 9.89. The summed E-state index contributed by atoms with van der Waals surface area (Å²) >= 11 is 0. The zero-order chi connectivity index (χ0) is 13.7. The Hall–Kier alpha value is -1.26. The molecule has 1 aromatic carbocycles. The molecule has 1 fully saturated rings. The Morgan fingerprint density at radius 3 is 2.63 bits per heavy atom. The van der Waals surface area contributed by atoms with Crippen molar-refractivity contribution in [2.45, 2.75) is 25.3 Å². The van der Waals surface area contributed by atoms with E-state index in [-0.39, 0.29) is 6.04 Å². The molecule has 0 aromatic heterocycles. The van der Waals surface area contributed by atoms with E-state index in [1.54, 1.807) is 14.2 Å². The highest BCUT2D eigenvalue weighted by Crippen LogP contribution is 2.33. The molecule has 4 heteroatoms. The van der Waals surface area contributed by atoms with Crippen LogP contribution in [0.2, 0.25) is 0 Å². The van der Waals surface area contributed by atoms with Gasteiger partial charge in [-0.1, -0.05) is 0 Å². The molecule has 1 aliphatic heterocycles. The van der Waals surface area contributed by atoms with Crippen molar-refractivity contribution in [2.24, 2.45) is 11.7 Å². The average Bonchev–Trinajstić information content (AvgIpc) is 2.47. The molecule has 19 heavy (non-hydrogen) atoms. The first-order valence-electron chi connectivity index (χ1n) is 6.80. The second-order valence-electron chi connectivity index (χ2n) is 5.01. The highest BCUT2D eigenvalue weighted by molar-refractivity contribution is 5.42. The van der Waals surface area contributed by atoms with E-state index in [1.807, 2.05) is 18.2 Å². The third kappa shape index (κ3) is 3.61. The minimum atomic E-state index is -0.0202. The quantitative estimate of drug-likeness (QED) is 0.889. The van der Waals surface area contributed by atoms with Gasteiger partial charge < -0.3 is 19.9 Å². The van der Waals surface area contributed by atoms with E-state index in [9.17, 15) is 0 Å². The van der Waals surface area contributed by atoms with Crippen LogP contribution in [-0.4, -0.2) is 27.4 Å². The minimum absolute atomic E-state index is 0.0202. The van der Waals surface area contributed by atoms with E-state index in [2.05, 4.69) is 0 Å². The fourth-order valence-electron chi connectivity index (χ4n) is 2.60. The van der Waals surface area contributed by atoms with Crippen molar-refractivity contribution < 1.29 is 14.2 Å². The molecule has 2 N–H and O–H groups in total. The van der Waals surface area contributed by atoms with Gasteiger partial charge in [0.15, 0.2) is 0 Å². The maximum atomic E-state index is 6.35. The van der Waals surface area contributed by atoms with E-state index < -0.39 is 0 Å². The molecule has 106 valence electrons. The molecule has 0 aliphatic carbocycles. The van der Waals surface area contributed by atoms with Gasteiger partial charge in [-0.2, -0.15) is 0 Å². The molecule has 4 nitrogen and oxygen atoms in total. The molecule has 0 spiro atoms. The molecule has 2 rings (SSSR count). The Balaban J connectivity index is 2.09. The van der Waals surface area contributed by atoms with E-state index in [0.717, 1.165) is 49.5 Å². The molecule has 0 bridgehead atoms. The summed E-state index contributed by atoms with van der Waals surface area (Å²) in [4.78, 5) is 0. The summed E-state index contributed by atoms with van der Waals surface area (Å²) in [5.41, 5.74) is 7.37. The second-order valence-corrected chi connectivity index (χ2v) is 5.01. The number of rotatable bonds is 5. The van der Waals surface area contributed by atoms with E-state index in [0.29, 0.717) is 5.92 Å². The monoisotopic (exact) mass is 265 g/mol. The molecule has 1 unspecified atom stereocenters. The van der Waals surface area contributed by atoms with Gasteiger partial charge >= 0.3 is 0 Å². The van der Waals surface area contributed by atoms with Crippen LogP contribution >= 0.6 is 0 Å². The van der Waals surface area contributed by atoms with E-state index in [1.165, 1.54) is 0 Å². The first-order chi connectivity index (χ1) is 9.24. The molecule has 1 aliphatic rings. The van der Waals surface area contributed by atoms with Gasteiger partial charge in [-0.25, -0.2) is 0 Å². The fourth-order valence-corrected chi connectivity index (χ4v) is 2.60. The normalized spacial score (nSPS) is 18.1. The van der Waals surface area contributed by atoms with Gasteiger partial charge in [0.1, 0.15) is 11.5 Å². The number of benzene rings is 1. The molecule has 1 saturated heterocycles. The van der Waals surface area contributed by atoms with Crippen LogP contribution in [-0.2, 0) is 4.74 Å². The van der Waals surface area contributed by atoms with Crippen molar-refractivity contribution in [3.8, 4) is 11.5 Å². The summed E-state index contributed by atoms with van der Waals surface area (Å²) in [7, 11) is 3.34. The van der Waals surface area contributed by atoms with Crippen LogP contribution in [0.15, 0.2) is 18.2 Å². The highest BCUT2D eigenvalue weighted by Gasteiger charge is 2.20. The van der Waals surface area contributed by atoms with Gasteiger partial charge in [-0.15, -0.1) is 0 Å². The van der Waals surface area contributed by atoms with Gasteiger partial charge in [0, 0.05) is 24.8 Å². The molecule has 0 radical (unpaired) electrons. The summed E-state index contributed by atoms with van der Waals surface area (Å²) in [6.07, 6.45) is 3.16. The molecule has 0 saturated carbocycles. The van der Waals surface area contributed by atoms with Crippen molar-refractivity contribution >= 4 is 0 Å². The maximum Gasteiger partial charge on any atom is 0.123 e. The first-order valence-corrected chi connectivity index (χ1v) is 6.80. The van der Waals surface area contributed by atoms with Crippen LogP contribution in [0.5, 0.6) is 11.5 Å². The third-order valence-corrected chi connectivity index (χ3v) is 3.76. The topological polar surface area (TPSA) is 53.7 Å². The Kier molecular flexibility index (Phi) is 5.05. The van der Waals surface area contributed by atoms with Crippen molar-refractivity contribution in [1.82, 2.24) is 0 Å². The third-order valence-electron chi connectivity index (χ3n) is 3.76. The molecular formula is C15H23NO3. The SMILES string of the molecule is COc1ccc(OC)c(C(N)CC2CCOCC2)c1. The van der Waals surface area contributed by atoms with Gasteiger partial charge in [-0.3, -0.25) is 0 Å². The van der Waals surface area contributed by atoms with Crippen molar-refractivity contribution in [3.63, 3.8) is 0 Å².